The SMILES string of the molecule is COc1cc(-c2nc(SCC(=O)c3ccc(Br)cc3)n[nH]2)cc(OC)c1OC. The Balaban J connectivity index is 1.75. The number of aromatic nitrogens is 3. The molecule has 3 aromatic rings. The van der Waals surface area contributed by atoms with Crippen molar-refractivity contribution in [1.29, 1.82) is 0 Å². The molecule has 0 amide bonds. The normalized spacial score (nSPS) is 10.6. The number of Topliss-reactive ketones (excluding diaryl/α,β-unsaturated/α-hetero) is 1. The highest BCUT2D eigenvalue weighted by atomic mass is 79.9. The molecule has 1 aromatic heterocycles. The summed E-state index contributed by atoms with van der Waals surface area (Å²) in [6.45, 7) is 0. The first-order valence-corrected chi connectivity index (χ1v) is 9.98. The van der Waals surface area contributed by atoms with Gasteiger partial charge in [0.05, 0.1) is 27.1 Å². The molecule has 0 aliphatic heterocycles. The minimum absolute atomic E-state index is 0.0108. The lowest BCUT2D eigenvalue weighted by atomic mass is 10.1. The number of ether oxygens (including phenoxy) is 3. The number of hydrogen-bond acceptors (Lipinski definition) is 7. The van der Waals surface area contributed by atoms with E-state index in [0.29, 0.717) is 33.8 Å². The van der Waals surface area contributed by atoms with Crippen LogP contribution in [0.2, 0.25) is 0 Å². The molecule has 0 saturated heterocycles. The molecular weight excluding hydrogens is 446 g/mol. The highest BCUT2D eigenvalue weighted by Gasteiger charge is 2.17. The maximum absolute atomic E-state index is 12.3. The zero-order valence-corrected chi connectivity index (χ0v) is 17.9. The van der Waals surface area contributed by atoms with Gasteiger partial charge in [0.15, 0.2) is 23.1 Å². The van der Waals surface area contributed by atoms with Gasteiger partial charge in [0.2, 0.25) is 10.9 Å². The van der Waals surface area contributed by atoms with E-state index in [9.17, 15) is 4.79 Å². The molecule has 0 aliphatic carbocycles. The number of carbonyl (C=O) groups is 1. The third-order valence-electron chi connectivity index (χ3n) is 3.90. The predicted octanol–water partition coefficient (Wildman–Crippen LogP) is 4.24. The number of benzene rings is 2. The number of ketones is 1. The molecule has 7 nitrogen and oxygen atoms in total. The molecule has 146 valence electrons. The van der Waals surface area contributed by atoms with Crippen LogP contribution < -0.4 is 14.2 Å². The topological polar surface area (TPSA) is 86.3 Å². The van der Waals surface area contributed by atoms with Crippen molar-refractivity contribution < 1.29 is 19.0 Å². The Bertz CT molecular complexity index is 951. The molecular formula is C19H18BrN3O4S. The van der Waals surface area contributed by atoms with Crippen LogP contribution in [0.25, 0.3) is 11.4 Å². The van der Waals surface area contributed by atoms with Crippen molar-refractivity contribution >= 4 is 33.5 Å². The quantitative estimate of drug-likeness (QED) is 0.394. The maximum atomic E-state index is 12.3. The second-order valence-corrected chi connectivity index (χ2v) is 7.46. The Morgan fingerprint density at radius 3 is 2.29 bits per heavy atom. The van der Waals surface area contributed by atoms with E-state index >= 15 is 0 Å². The summed E-state index contributed by atoms with van der Waals surface area (Å²) in [6.07, 6.45) is 0. The van der Waals surface area contributed by atoms with Crippen molar-refractivity contribution in [1.82, 2.24) is 15.2 Å². The summed E-state index contributed by atoms with van der Waals surface area (Å²) in [6, 6.07) is 10.8. The minimum atomic E-state index is 0.0108. The van der Waals surface area contributed by atoms with Gasteiger partial charge in [0.25, 0.3) is 0 Å². The lowest BCUT2D eigenvalue weighted by Gasteiger charge is -2.13. The fraction of sp³-hybridized carbons (Fsp3) is 0.211. The van der Waals surface area contributed by atoms with E-state index in [1.165, 1.54) is 11.8 Å². The number of nitrogens with zero attached hydrogens (tertiary/aromatic N) is 2. The molecule has 1 heterocycles. The molecule has 0 aliphatic rings. The van der Waals surface area contributed by atoms with E-state index < -0.39 is 0 Å². The first-order chi connectivity index (χ1) is 13.5. The average molecular weight is 464 g/mol. The van der Waals surface area contributed by atoms with Gasteiger partial charge in [-0.05, 0) is 24.3 Å². The van der Waals surface area contributed by atoms with Gasteiger partial charge in [0.1, 0.15) is 0 Å². The van der Waals surface area contributed by atoms with Crippen molar-refractivity contribution in [2.24, 2.45) is 0 Å². The number of hydrogen-bond donors (Lipinski definition) is 1. The summed E-state index contributed by atoms with van der Waals surface area (Å²) < 4.78 is 17.0. The van der Waals surface area contributed by atoms with Crippen LogP contribution >= 0.6 is 27.7 Å². The summed E-state index contributed by atoms with van der Waals surface area (Å²) in [7, 11) is 4.65. The average Bonchev–Trinajstić information content (AvgIpc) is 3.20. The van der Waals surface area contributed by atoms with Crippen molar-refractivity contribution in [2.75, 3.05) is 27.1 Å². The maximum Gasteiger partial charge on any atom is 0.209 e. The van der Waals surface area contributed by atoms with Crippen LogP contribution in [-0.4, -0.2) is 48.0 Å². The number of nitrogens with one attached hydrogen (secondary N) is 1. The predicted molar refractivity (Wildman–Crippen MR) is 111 cm³/mol. The number of halogens is 1. The number of methoxy groups -OCH3 is 3. The molecule has 28 heavy (non-hydrogen) atoms. The Morgan fingerprint density at radius 2 is 1.71 bits per heavy atom. The Hall–Kier alpha value is -2.52. The van der Waals surface area contributed by atoms with Gasteiger partial charge in [-0.2, -0.15) is 0 Å². The Labute approximate surface area is 174 Å². The van der Waals surface area contributed by atoms with Gasteiger partial charge in [-0.25, -0.2) is 4.98 Å². The van der Waals surface area contributed by atoms with Crippen LogP contribution in [0.3, 0.4) is 0 Å². The number of thioether (sulfide) groups is 1. The fourth-order valence-electron chi connectivity index (χ4n) is 2.51. The van der Waals surface area contributed by atoms with E-state index in [4.69, 9.17) is 14.2 Å². The van der Waals surface area contributed by atoms with Crippen LogP contribution in [-0.2, 0) is 0 Å². The summed E-state index contributed by atoms with van der Waals surface area (Å²) in [5.41, 5.74) is 1.38. The van der Waals surface area contributed by atoms with Crippen molar-refractivity contribution in [3.63, 3.8) is 0 Å². The number of rotatable bonds is 8. The smallest absolute Gasteiger partial charge is 0.209 e. The number of carbonyl (C=O) groups excluding carboxylic acids is 1. The van der Waals surface area contributed by atoms with E-state index in [-0.39, 0.29) is 11.5 Å². The Morgan fingerprint density at radius 1 is 1.07 bits per heavy atom. The van der Waals surface area contributed by atoms with Crippen LogP contribution in [0.15, 0.2) is 46.0 Å². The van der Waals surface area contributed by atoms with Crippen molar-refractivity contribution in [3.8, 4) is 28.6 Å². The van der Waals surface area contributed by atoms with Gasteiger partial charge in [-0.1, -0.05) is 39.8 Å². The lowest BCUT2D eigenvalue weighted by Crippen LogP contribution is -2.02. The molecule has 0 unspecified atom stereocenters. The lowest BCUT2D eigenvalue weighted by molar-refractivity contribution is 0.102. The molecule has 0 atom stereocenters. The zero-order chi connectivity index (χ0) is 20.1. The van der Waals surface area contributed by atoms with Crippen LogP contribution in [0.5, 0.6) is 17.2 Å². The first-order valence-electron chi connectivity index (χ1n) is 8.20. The Kier molecular flexibility index (Phi) is 6.58. The first kappa shape index (κ1) is 20.2. The largest absolute Gasteiger partial charge is 0.493 e. The van der Waals surface area contributed by atoms with Crippen LogP contribution in [0.4, 0.5) is 0 Å². The monoisotopic (exact) mass is 463 g/mol. The highest BCUT2D eigenvalue weighted by Crippen LogP contribution is 2.40. The standard InChI is InChI=1S/C19H18BrN3O4S/c1-25-15-8-12(9-16(26-2)17(15)27-3)18-21-19(23-22-18)28-10-14(24)11-4-6-13(20)7-5-11/h4-9H,10H2,1-3H3,(H,21,22,23). The molecule has 0 spiro atoms. The fourth-order valence-corrected chi connectivity index (χ4v) is 3.46. The van der Waals surface area contributed by atoms with Gasteiger partial charge in [-0.3, -0.25) is 9.89 Å². The summed E-state index contributed by atoms with van der Waals surface area (Å²) in [4.78, 5) is 16.7. The molecule has 0 saturated carbocycles. The molecule has 0 fully saturated rings. The second-order valence-electron chi connectivity index (χ2n) is 5.60. The molecule has 2 aromatic carbocycles. The number of H-pyrrole nitrogens is 1. The molecule has 0 radical (unpaired) electrons. The highest BCUT2D eigenvalue weighted by molar-refractivity contribution is 9.10. The van der Waals surface area contributed by atoms with Gasteiger partial charge < -0.3 is 14.2 Å². The van der Waals surface area contributed by atoms with E-state index in [2.05, 4.69) is 31.1 Å². The molecule has 0 bridgehead atoms. The summed E-state index contributed by atoms with van der Waals surface area (Å²) >= 11 is 4.63. The number of aromatic amines is 1. The summed E-state index contributed by atoms with van der Waals surface area (Å²) in [5, 5.41) is 7.54. The third-order valence-corrected chi connectivity index (χ3v) is 5.28. The van der Waals surface area contributed by atoms with Gasteiger partial charge in [0, 0.05) is 15.6 Å². The second kappa shape index (κ2) is 9.11. The minimum Gasteiger partial charge on any atom is -0.493 e. The van der Waals surface area contributed by atoms with Crippen molar-refractivity contribution in [2.45, 2.75) is 5.16 Å². The molecule has 9 heteroatoms. The third kappa shape index (κ3) is 4.48. The van der Waals surface area contributed by atoms with Crippen LogP contribution in [0, 0.1) is 0 Å². The van der Waals surface area contributed by atoms with Crippen LogP contribution in [0.1, 0.15) is 10.4 Å². The summed E-state index contributed by atoms with van der Waals surface area (Å²) in [5.74, 6) is 2.34. The molecule has 1 N–H and O–H groups in total. The van der Waals surface area contributed by atoms with E-state index in [0.717, 1.165) is 10.0 Å². The van der Waals surface area contributed by atoms with Gasteiger partial charge >= 0.3 is 0 Å². The zero-order valence-electron chi connectivity index (χ0n) is 15.5. The van der Waals surface area contributed by atoms with E-state index in [1.807, 2.05) is 12.1 Å². The van der Waals surface area contributed by atoms with Crippen molar-refractivity contribution in [3.05, 3.63) is 46.4 Å². The molecule has 3 rings (SSSR count). The van der Waals surface area contributed by atoms with Gasteiger partial charge in [-0.15, -0.1) is 5.10 Å². The van der Waals surface area contributed by atoms with E-state index in [1.54, 1.807) is 45.6 Å².